The lowest BCUT2D eigenvalue weighted by Crippen LogP contribution is -2.08. The van der Waals surface area contributed by atoms with Gasteiger partial charge in [0.05, 0.1) is 17.8 Å². The third kappa shape index (κ3) is 3.01. The van der Waals surface area contributed by atoms with E-state index in [0.717, 1.165) is 28.1 Å². The highest BCUT2D eigenvalue weighted by Gasteiger charge is 2.05. The number of fused-ring (bicyclic) bond motifs is 1. The third-order valence-electron chi connectivity index (χ3n) is 3.64. The minimum atomic E-state index is 0.686. The molecule has 0 amide bonds. The van der Waals surface area contributed by atoms with E-state index in [0.29, 0.717) is 6.54 Å². The van der Waals surface area contributed by atoms with Crippen LogP contribution in [0.1, 0.15) is 11.5 Å². The highest BCUT2D eigenvalue weighted by atomic mass is 15.1. The molecule has 4 heteroatoms. The van der Waals surface area contributed by atoms with Gasteiger partial charge in [-0.25, -0.2) is 9.97 Å². The maximum Gasteiger partial charge on any atom is 0.126 e. The monoisotopic (exact) mass is 292 g/mol. The molecule has 3 aromatic rings. The molecule has 0 aliphatic carbocycles. The van der Waals surface area contributed by atoms with Crippen LogP contribution in [0.15, 0.2) is 48.5 Å². The van der Waals surface area contributed by atoms with Crippen LogP contribution in [-0.2, 0) is 6.54 Å². The first-order chi connectivity index (χ1) is 10.6. The third-order valence-corrected chi connectivity index (χ3v) is 3.64. The Morgan fingerprint density at radius 2 is 1.68 bits per heavy atom. The van der Waals surface area contributed by atoms with Crippen molar-refractivity contribution < 1.29 is 0 Å². The second-order valence-electron chi connectivity index (χ2n) is 5.53. The van der Waals surface area contributed by atoms with E-state index in [4.69, 9.17) is 0 Å². The lowest BCUT2D eigenvalue weighted by molar-refractivity contribution is 0.987. The Labute approximate surface area is 130 Å². The van der Waals surface area contributed by atoms with Crippen molar-refractivity contribution in [3.8, 4) is 0 Å². The number of hydrogen-bond donors (Lipinski definition) is 1. The van der Waals surface area contributed by atoms with Crippen LogP contribution in [0.3, 0.4) is 0 Å². The van der Waals surface area contributed by atoms with Gasteiger partial charge in [-0.3, -0.25) is 0 Å². The predicted octanol–water partition coefficient (Wildman–Crippen LogP) is 3.62. The molecule has 1 N–H and O–H groups in total. The Morgan fingerprint density at radius 1 is 0.955 bits per heavy atom. The van der Waals surface area contributed by atoms with Crippen molar-refractivity contribution in [2.45, 2.75) is 13.5 Å². The van der Waals surface area contributed by atoms with E-state index in [1.165, 1.54) is 5.69 Å². The average Bonchev–Trinajstić information content (AvgIpc) is 2.52. The predicted molar refractivity (Wildman–Crippen MR) is 92.4 cm³/mol. The Kier molecular flexibility index (Phi) is 3.92. The summed E-state index contributed by atoms with van der Waals surface area (Å²) in [5.41, 5.74) is 4.30. The molecule has 0 saturated carbocycles. The highest BCUT2D eigenvalue weighted by molar-refractivity contribution is 5.81. The Hall–Kier alpha value is -2.62. The molecular formula is C18H20N4. The van der Waals surface area contributed by atoms with E-state index in [1.807, 2.05) is 39.2 Å². The van der Waals surface area contributed by atoms with Gasteiger partial charge in [-0.15, -0.1) is 0 Å². The number of rotatable bonds is 4. The minimum absolute atomic E-state index is 0.686. The van der Waals surface area contributed by atoms with E-state index in [9.17, 15) is 0 Å². The Morgan fingerprint density at radius 3 is 2.41 bits per heavy atom. The molecule has 0 spiro atoms. The molecule has 2 aromatic carbocycles. The van der Waals surface area contributed by atoms with E-state index >= 15 is 0 Å². The number of nitrogens with one attached hydrogen (secondary N) is 1. The van der Waals surface area contributed by atoms with Gasteiger partial charge in [-0.05, 0) is 37.3 Å². The van der Waals surface area contributed by atoms with Crippen molar-refractivity contribution in [2.24, 2.45) is 0 Å². The smallest absolute Gasteiger partial charge is 0.126 e. The number of anilines is 2. The SMILES string of the molecule is Cc1nc(CNc2ccc(N(C)C)cc2)c2ccccc2n1. The number of para-hydroxylation sites is 1. The molecule has 3 rings (SSSR count). The second kappa shape index (κ2) is 6.02. The molecule has 22 heavy (non-hydrogen) atoms. The maximum atomic E-state index is 4.58. The van der Waals surface area contributed by atoms with Crippen molar-refractivity contribution in [1.29, 1.82) is 0 Å². The van der Waals surface area contributed by atoms with Gasteiger partial charge in [-0.2, -0.15) is 0 Å². The molecule has 0 unspecified atom stereocenters. The summed E-state index contributed by atoms with van der Waals surface area (Å²) in [5, 5.41) is 4.54. The van der Waals surface area contributed by atoms with Crippen LogP contribution in [0.25, 0.3) is 10.9 Å². The molecule has 1 aromatic heterocycles. The molecule has 0 radical (unpaired) electrons. The van der Waals surface area contributed by atoms with Crippen molar-refractivity contribution in [2.75, 3.05) is 24.3 Å². The molecule has 0 aliphatic rings. The van der Waals surface area contributed by atoms with Crippen molar-refractivity contribution >= 4 is 22.3 Å². The van der Waals surface area contributed by atoms with Crippen LogP contribution in [-0.4, -0.2) is 24.1 Å². The zero-order valence-corrected chi connectivity index (χ0v) is 13.2. The van der Waals surface area contributed by atoms with Gasteiger partial charge >= 0.3 is 0 Å². The fourth-order valence-electron chi connectivity index (χ4n) is 2.47. The fourth-order valence-corrected chi connectivity index (χ4v) is 2.47. The van der Waals surface area contributed by atoms with Gasteiger partial charge in [0, 0.05) is 30.9 Å². The molecular weight excluding hydrogens is 272 g/mol. The topological polar surface area (TPSA) is 41.1 Å². The summed E-state index contributed by atoms with van der Waals surface area (Å²) in [7, 11) is 4.08. The lowest BCUT2D eigenvalue weighted by Gasteiger charge is -2.14. The quantitative estimate of drug-likeness (QED) is 0.797. The summed E-state index contributed by atoms with van der Waals surface area (Å²) in [4.78, 5) is 11.1. The number of aryl methyl sites for hydroxylation is 1. The zero-order valence-electron chi connectivity index (χ0n) is 13.2. The number of nitrogens with zero attached hydrogens (tertiary/aromatic N) is 3. The van der Waals surface area contributed by atoms with Crippen LogP contribution in [0.4, 0.5) is 11.4 Å². The van der Waals surface area contributed by atoms with Crippen LogP contribution in [0.5, 0.6) is 0 Å². The van der Waals surface area contributed by atoms with Crippen molar-refractivity contribution in [3.63, 3.8) is 0 Å². The summed E-state index contributed by atoms with van der Waals surface area (Å²) in [6, 6.07) is 16.5. The molecule has 0 aliphatic heterocycles. The lowest BCUT2D eigenvalue weighted by atomic mass is 10.2. The summed E-state index contributed by atoms with van der Waals surface area (Å²) < 4.78 is 0. The molecule has 112 valence electrons. The molecule has 0 saturated heterocycles. The number of benzene rings is 2. The van der Waals surface area contributed by atoms with Crippen molar-refractivity contribution in [3.05, 3.63) is 60.0 Å². The summed E-state index contributed by atoms with van der Waals surface area (Å²) in [6.45, 7) is 2.62. The Balaban J connectivity index is 1.81. The van der Waals surface area contributed by atoms with Gasteiger partial charge in [0.2, 0.25) is 0 Å². The molecule has 4 nitrogen and oxygen atoms in total. The molecule has 0 atom stereocenters. The zero-order chi connectivity index (χ0) is 15.5. The van der Waals surface area contributed by atoms with Gasteiger partial charge in [0.1, 0.15) is 5.82 Å². The number of hydrogen-bond acceptors (Lipinski definition) is 4. The minimum Gasteiger partial charge on any atom is -0.379 e. The first-order valence-electron chi connectivity index (χ1n) is 7.37. The first-order valence-corrected chi connectivity index (χ1v) is 7.37. The largest absolute Gasteiger partial charge is 0.379 e. The molecule has 0 bridgehead atoms. The molecule has 1 heterocycles. The Bertz CT molecular complexity index is 779. The summed E-state index contributed by atoms with van der Waals surface area (Å²) in [6.07, 6.45) is 0. The van der Waals surface area contributed by atoms with Crippen LogP contribution >= 0.6 is 0 Å². The van der Waals surface area contributed by atoms with Gasteiger partial charge in [-0.1, -0.05) is 18.2 Å². The van der Waals surface area contributed by atoms with Gasteiger partial charge in [0.15, 0.2) is 0 Å². The van der Waals surface area contributed by atoms with Gasteiger partial charge in [0.25, 0.3) is 0 Å². The highest BCUT2D eigenvalue weighted by Crippen LogP contribution is 2.19. The first kappa shape index (κ1) is 14.3. The van der Waals surface area contributed by atoms with Gasteiger partial charge < -0.3 is 10.2 Å². The number of aromatic nitrogens is 2. The average molecular weight is 292 g/mol. The summed E-state index contributed by atoms with van der Waals surface area (Å²) >= 11 is 0. The molecule has 0 fully saturated rings. The van der Waals surface area contributed by atoms with E-state index in [1.54, 1.807) is 0 Å². The van der Waals surface area contributed by atoms with E-state index in [2.05, 4.69) is 50.5 Å². The maximum absolute atomic E-state index is 4.58. The fraction of sp³-hybridized carbons (Fsp3) is 0.222. The van der Waals surface area contributed by atoms with E-state index in [-0.39, 0.29) is 0 Å². The second-order valence-corrected chi connectivity index (χ2v) is 5.53. The van der Waals surface area contributed by atoms with Crippen LogP contribution in [0.2, 0.25) is 0 Å². The normalized spacial score (nSPS) is 10.7. The van der Waals surface area contributed by atoms with Crippen LogP contribution < -0.4 is 10.2 Å². The summed E-state index contributed by atoms with van der Waals surface area (Å²) in [5.74, 6) is 0.804. The standard InChI is InChI=1S/C18H20N4/c1-13-20-17-7-5-4-6-16(17)18(21-13)12-19-14-8-10-15(11-9-14)22(2)3/h4-11,19H,12H2,1-3H3. The van der Waals surface area contributed by atoms with E-state index < -0.39 is 0 Å². The van der Waals surface area contributed by atoms with Crippen LogP contribution in [0, 0.1) is 6.92 Å². The van der Waals surface area contributed by atoms with Crippen molar-refractivity contribution in [1.82, 2.24) is 9.97 Å².